The Bertz CT molecular complexity index is 1800. The number of hydrogen-bond donors (Lipinski definition) is 1. The van der Waals surface area contributed by atoms with E-state index in [0.717, 1.165) is 22.5 Å². The zero-order valence-electron chi connectivity index (χ0n) is 25.5. The number of esters is 1. The lowest BCUT2D eigenvalue weighted by molar-refractivity contribution is -0.132. The lowest BCUT2D eigenvalue weighted by Crippen LogP contribution is -2.29. The zero-order chi connectivity index (χ0) is 32.2. The molecule has 0 aliphatic carbocycles. The van der Waals surface area contributed by atoms with Gasteiger partial charge in [0.05, 0.1) is 38.1 Å². The number of carbonyl (C=O) groups excluding carboxylic acids is 3. The molecule has 0 spiro atoms. The Morgan fingerprint density at radius 3 is 2.36 bits per heavy atom. The van der Waals surface area contributed by atoms with Crippen LogP contribution in [0.5, 0.6) is 17.2 Å². The number of methoxy groups -OCH3 is 2. The lowest BCUT2D eigenvalue weighted by Gasteiger charge is -2.24. The summed E-state index contributed by atoms with van der Waals surface area (Å²) in [4.78, 5) is 45.6. The van der Waals surface area contributed by atoms with Crippen molar-refractivity contribution in [2.75, 3.05) is 25.7 Å². The standard InChI is InChI=1S/C34H32N2O8S/c1-6-43-25-15-12-22(17-26(25)41-4)28-27(30(38)32(39)36(28)34-35-20(3)31(45-34)33(40)42-5)29(37)23-13-14-24(19(2)16-23)44-18-21-10-8-7-9-11-21/h7-17,28,37H,6,18H2,1-5H3/t28-/m1/s1. The first-order valence-electron chi connectivity index (χ1n) is 14.1. The number of aryl methyl sites for hydroxylation is 2. The predicted molar refractivity (Wildman–Crippen MR) is 169 cm³/mol. The van der Waals surface area contributed by atoms with Crippen LogP contribution in [0.4, 0.5) is 5.13 Å². The molecule has 1 aliphatic rings. The molecule has 11 heteroatoms. The van der Waals surface area contributed by atoms with Crippen LogP contribution < -0.4 is 19.1 Å². The van der Waals surface area contributed by atoms with Gasteiger partial charge in [0, 0.05) is 5.56 Å². The quantitative estimate of drug-likeness (QED) is 0.0952. The van der Waals surface area contributed by atoms with Crippen LogP contribution in [0, 0.1) is 13.8 Å². The van der Waals surface area contributed by atoms with E-state index in [1.54, 1.807) is 43.3 Å². The number of carbonyl (C=O) groups is 3. The molecule has 45 heavy (non-hydrogen) atoms. The molecule has 5 rings (SSSR count). The van der Waals surface area contributed by atoms with Crippen LogP contribution in [0.2, 0.25) is 0 Å². The van der Waals surface area contributed by atoms with E-state index < -0.39 is 23.7 Å². The smallest absolute Gasteiger partial charge is 0.350 e. The van der Waals surface area contributed by atoms with Gasteiger partial charge in [0.25, 0.3) is 5.78 Å². The first-order chi connectivity index (χ1) is 21.7. The van der Waals surface area contributed by atoms with Crippen molar-refractivity contribution in [1.82, 2.24) is 4.98 Å². The second-order valence-corrected chi connectivity index (χ2v) is 11.1. The van der Waals surface area contributed by atoms with E-state index in [-0.39, 0.29) is 21.3 Å². The molecular weight excluding hydrogens is 596 g/mol. The summed E-state index contributed by atoms with van der Waals surface area (Å²) < 4.78 is 22.1. The minimum absolute atomic E-state index is 0.104. The number of hydrogen-bond acceptors (Lipinski definition) is 10. The summed E-state index contributed by atoms with van der Waals surface area (Å²) in [5.74, 6) is -1.33. The van der Waals surface area contributed by atoms with Crippen molar-refractivity contribution in [2.24, 2.45) is 0 Å². The Kier molecular flexibility index (Phi) is 9.19. The number of nitrogens with zero attached hydrogens (tertiary/aromatic N) is 2. The number of thiazole rings is 1. The first kappa shape index (κ1) is 31.3. The molecule has 2 heterocycles. The number of anilines is 1. The van der Waals surface area contributed by atoms with Crippen LogP contribution in [0.3, 0.4) is 0 Å². The Morgan fingerprint density at radius 1 is 0.956 bits per heavy atom. The van der Waals surface area contributed by atoms with Gasteiger partial charge in [-0.05, 0) is 67.8 Å². The molecule has 1 aliphatic heterocycles. The van der Waals surface area contributed by atoms with Gasteiger partial charge < -0.3 is 24.1 Å². The normalized spacial score (nSPS) is 15.7. The Morgan fingerprint density at radius 2 is 1.69 bits per heavy atom. The molecule has 0 bridgehead atoms. The number of aliphatic hydroxyl groups is 1. The highest BCUT2D eigenvalue weighted by Gasteiger charge is 2.48. The van der Waals surface area contributed by atoms with Crippen LogP contribution >= 0.6 is 11.3 Å². The van der Waals surface area contributed by atoms with Crippen molar-refractivity contribution in [3.63, 3.8) is 0 Å². The summed E-state index contributed by atoms with van der Waals surface area (Å²) in [6.45, 7) is 6.04. The molecule has 232 valence electrons. The molecule has 1 saturated heterocycles. The van der Waals surface area contributed by atoms with Crippen molar-refractivity contribution >= 4 is 39.9 Å². The highest BCUT2D eigenvalue weighted by atomic mass is 32.1. The summed E-state index contributed by atoms with van der Waals surface area (Å²) >= 11 is 0.923. The summed E-state index contributed by atoms with van der Waals surface area (Å²) in [6, 6.07) is 18.7. The maximum Gasteiger partial charge on any atom is 0.350 e. The van der Waals surface area contributed by atoms with Gasteiger partial charge in [0.15, 0.2) is 16.6 Å². The Balaban J connectivity index is 1.61. The number of rotatable bonds is 10. The predicted octanol–water partition coefficient (Wildman–Crippen LogP) is 6.16. The number of aromatic nitrogens is 1. The fourth-order valence-corrected chi connectivity index (χ4v) is 6.10. The van der Waals surface area contributed by atoms with E-state index in [9.17, 15) is 19.5 Å². The van der Waals surface area contributed by atoms with Crippen LogP contribution in [-0.2, 0) is 20.9 Å². The van der Waals surface area contributed by atoms with Crippen LogP contribution in [0.15, 0.2) is 72.3 Å². The molecule has 0 saturated carbocycles. The Hall–Kier alpha value is -5.16. The second-order valence-electron chi connectivity index (χ2n) is 10.2. The van der Waals surface area contributed by atoms with Gasteiger partial charge in [-0.1, -0.05) is 47.7 Å². The minimum atomic E-state index is -1.10. The fraction of sp³-hybridized carbons (Fsp3) is 0.235. The zero-order valence-corrected chi connectivity index (χ0v) is 26.3. The van der Waals surface area contributed by atoms with Crippen LogP contribution in [0.25, 0.3) is 5.76 Å². The third kappa shape index (κ3) is 6.12. The molecular formula is C34H32N2O8S. The summed E-state index contributed by atoms with van der Waals surface area (Å²) in [6.07, 6.45) is 0. The lowest BCUT2D eigenvalue weighted by atomic mass is 9.94. The molecule has 10 nitrogen and oxygen atoms in total. The van der Waals surface area contributed by atoms with Crippen molar-refractivity contribution in [3.05, 3.63) is 105 Å². The second kappa shape index (κ2) is 13.2. The third-order valence-corrected chi connectivity index (χ3v) is 8.43. The van der Waals surface area contributed by atoms with Crippen molar-refractivity contribution in [3.8, 4) is 17.2 Å². The van der Waals surface area contributed by atoms with Gasteiger partial charge in [-0.2, -0.15) is 0 Å². The molecule has 1 aromatic heterocycles. The SMILES string of the molecule is CCOc1ccc([C@@H]2C(=C(O)c3ccc(OCc4ccccc4)c(C)c3)C(=O)C(=O)N2c2nc(C)c(C(=O)OC)s2)cc1OC. The maximum absolute atomic E-state index is 13.7. The molecule has 1 atom stereocenters. The first-order valence-corrected chi connectivity index (χ1v) is 14.9. The maximum atomic E-state index is 13.7. The molecule has 1 N–H and O–H groups in total. The molecule has 4 aromatic rings. The molecule has 0 unspecified atom stereocenters. The Labute approximate surface area is 264 Å². The minimum Gasteiger partial charge on any atom is -0.507 e. The largest absolute Gasteiger partial charge is 0.507 e. The number of Topliss-reactive ketones (excluding diaryl/α,β-unsaturated/α-hetero) is 1. The van der Waals surface area contributed by atoms with Gasteiger partial charge in [-0.15, -0.1) is 0 Å². The average molecular weight is 629 g/mol. The van der Waals surface area contributed by atoms with Gasteiger partial charge in [-0.25, -0.2) is 9.78 Å². The summed E-state index contributed by atoms with van der Waals surface area (Å²) in [7, 11) is 2.73. The average Bonchev–Trinajstić information content (AvgIpc) is 3.56. The number of amides is 1. The van der Waals surface area contributed by atoms with Crippen LogP contribution in [0.1, 0.15) is 50.6 Å². The van der Waals surface area contributed by atoms with Gasteiger partial charge >= 0.3 is 11.9 Å². The van der Waals surface area contributed by atoms with E-state index >= 15 is 0 Å². The van der Waals surface area contributed by atoms with Gasteiger partial charge in [0.1, 0.15) is 23.0 Å². The monoisotopic (exact) mass is 628 g/mol. The van der Waals surface area contributed by atoms with Crippen LogP contribution in [-0.4, -0.2) is 48.6 Å². The highest BCUT2D eigenvalue weighted by molar-refractivity contribution is 7.17. The van der Waals surface area contributed by atoms with E-state index in [2.05, 4.69) is 4.98 Å². The van der Waals surface area contributed by atoms with E-state index in [1.165, 1.54) is 19.1 Å². The molecule has 3 aromatic carbocycles. The van der Waals surface area contributed by atoms with E-state index in [0.29, 0.717) is 47.3 Å². The van der Waals surface area contributed by atoms with Gasteiger partial charge in [0.2, 0.25) is 0 Å². The molecule has 1 amide bonds. The van der Waals surface area contributed by atoms with E-state index in [4.69, 9.17) is 18.9 Å². The topological polar surface area (TPSA) is 124 Å². The number of ketones is 1. The van der Waals surface area contributed by atoms with Crippen molar-refractivity contribution < 1.29 is 38.4 Å². The number of benzene rings is 3. The number of ether oxygens (including phenoxy) is 4. The summed E-state index contributed by atoms with van der Waals surface area (Å²) in [5.41, 5.74) is 2.71. The van der Waals surface area contributed by atoms with Crippen molar-refractivity contribution in [1.29, 1.82) is 0 Å². The molecule has 0 radical (unpaired) electrons. The third-order valence-electron chi connectivity index (χ3n) is 7.30. The fourth-order valence-electron chi connectivity index (χ4n) is 5.09. The number of aliphatic hydroxyl groups excluding tert-OH is 1. The van der Waals surface area contributed by atoms with Gasteiger partial charge in [-0.3, -0.25) is 14.5 Å². The molecule has 1 fully saturated rings. The van der Waals surface area contributed by atoms with Crippen molar-refractivity contribution in [2.45, 2.75) is 33.4 Å². The summed E-state index contributed by atoms with van der Waals surface area (Å²) in [5, 5.41) is 11.8. The highest BCUT2D eigenvalue weighted by Crippen LogP contribution is 2.45. The van der Waals surface area contributed by atoms with E-state index in [1.807, 2.05) is 44.2 Å².